The van der Waals surface area contributed by atoms with Crippen LogP contribution in [-0.4, -0.2) is 62.6 Å². The lowest BCUT2D eigenvalue weighted by Crippen LogP contribution is -2.49. The van der Waals surface area contributed by atoms with Crippen LogP contribution in [0, 0.1) is 11.7 Å². The summed E-state index contributed by atoms with van der Waals surface area (Å²) in [6.07, 6.45) is 3.03. The summed E-state index contributed by atoms with van der Waals surface area (Å²) in [6.45, 7) is 7.27. The number of halogens is 2. The molecule has 2 aliphatic rings. The molecule has 6 nitrogen and oxygen atoms in total. The normalized spacial score (nSPS) is 17.1. The number of anilines is 1. The Morgan fingerprint density at radius 1 is 1.14 bits per heavy atom. The van der Waals surface area contributed by atoms with Crippen LogP contribution in [0.4, 0.5) is 10.1 Å². The lowest BCUT2D eigenvalue weighted by Gasteiger charge is -2.36. The van der Waals surface area contributed by atoms with Crippen LogP contribution in [0.3, 0.4) is 0 Å². The monoisotopic (exact) mass is 503 g/mol. The van der Waals surface area contributed by atoms with Gasteiger partial charge in [-0.25, -0.2) is 4.39 Å². The number of carbonyl (C=O) groups excluding carboxylic acids is 1. The van der Waals surface area contributed by atoms with Crippen LogP contribution in [0.2, 0.25) is 0 Å². The van der Waals surface area contributed by atoms with E-state index in [4.69, 9.17) is 0 Å². The van der Waals surface area contributed by atoms with Crippen LogP contribution < -0.4 is 15.5 Å². The molecule has 0 spiro atoms. The highest BCUT2D eigenvalue weighted by atomic mass is 127. The van der Waals surface area contributed by atoms with Crippen LogP contribution in [-0.2, 0) is 4.79 Å². The van der Waals surface area contributed by atoms with E-state index in [1.165, 1.54) is 25.0 Å². The first-order valence-corrected chi connectivity index (χ1v) is 9.96. The number of nitrogens with one attached hydrogen (secondary N) is 2. The number of carbonyl (C=O) groups is 1. The third kappa shape index (κ3) is 7.10. The Labute approximate surface area is 184 Å². The van der Waals surface area contributed by atoms with E-state index in [0.29, 0.717) is 26.1 Å². The minimum atomic E-state index is -0.224. The number of benzene rings is 1. The minimum absolute atomic E-state index is 0. The van der Waals surface area contributed by atoms with E-state index in [1.54, 1.807) is 12.1 Å². The lowest BCUT2D eigenvalue weighted by atomic mass is 10.2. The smallest absolute Gasteiger partial charge is 0.224 e. The topological polar surface area (TPSA) is 60.0 Å². The molecule has 1 saturated heterocycles. The van der Waals surface area contributed by atoms with Gasteiger partial charge in [-0.05, 0) is 49.9 Å². The standard InChI is InChI=1S/C20H30FN5O.HI/c1-2-22-20(24-15-16-3-4-16)23-10-9-19(27)26-13-11-25(12-14-26)18-7-5-17(21)6-8-18;/h5-8,16H,2-4,9-15H2,1H3,(H2,22,23,24);1H. The molecular formula is C20H31FIN5O. The maximum absolute atomic E-state index is 13.0. The maximum atomic E-state index is 13.0. The molecule has 8 heteroatoms. The van der Waals surface area contributed by atoms with E-state index in [1.807, 2.05) is 11.8 Å². The fourth-order valence-corrected chi connectivity index (χ4v) is 3.17. The van der Waals surface area contributed by atoms with Gasteiger partial charge in [0.1, 0.15) is 5.82 Å². The summed E-state index contributed by atoms with van der Waals surface area (Å²) in [5.41, 5.74) is 1.01. The number of piperazine rings is 1. The van der Waals surface area contributed by atoms with Gasteiger partial charge in [-0.1, -0.05) is 0 Å². The van der Waals surface area contributed by atoms with Gasteiger partial charge in [-0.2, -0.15) is 0 Å². The number of rotatable bonds is 7. The molecule has 3 rings (SSSR count). The van der Waals surface area contributed by atoms with Crippen molar-refractivity contribution in [2.45, 2.75) is 26.2 Å². The Kier molecular flexibility index (Phi) is 9.27. The van der Waals surface area contributed by atoms with Crippen molar-refractivity contribution in [1.29, 1.82) is 0 Å². The van der Waals surface area contributed by atoms with Crippen LogP contribution in [0.15, 0.2) is 29.3 Å². The number of hydrogen-bond donors (Lipinski definition) is 2. The predicted octanol–water partition coefficient (Wildman–Crippen LogP) is 2.45. The zero-order valence-electron chi connectivity index (χ0n) is 16.5. The minimum Gasteiger partial charge on any atom is -0.368 e. The van der Waals surface area contributed by atoms with Crippen LogP contribution in [0.25, 0.3) is 0 Å². The molecule has 1 aliphatic carbocycles. The second kappa shape index (κ2) is 11.4. The second-order valence-corrected chi connectivity index (χ2v) is 7.18. The summed E-state index contributed by atoms with van der Waals surface area (Å²) in [6, 6.07) is 6.54. The number of nitrogens with zero attached hydrogens (tertiary/aromatic N) is 3. The molecule has 2 N–H and O–H groups in total. The molecule has 0 radical (unpaired) electrons. The molecule has 0 aromatic heterocycles. The van der Waals surface area contributed by atoms with E-state index in [-0.39, 0.29) is 35.7 Å². The Bertz CT molecular complexity index is 643. The van der Waals surface area contributed by atoms with Gasteiger partial charge in [0.2, 0.25) is 5.91 Å². The second-order valence-electron chi connectivity index (χ2n) is 7.18. The van der Waals surface area contributed by atoms with Crippen molar-refractivity contribution >= 4 is 41.5 Å². The Hall–Kier alpha value is -1.58. The van der Waals surface area contributed by atoms with E-state index in [0.717, 1.165) is 43.7 Å². The van der Waals surface area contributed by atoms with Crippen molar-refractivity contribution in [3.63, 3.8) is 0 Å². The number of aliphatic imine (C=N–C) groups is 1. The average molecular weight is 503 g/mol. The average Bonchev–Trinajstić information content (AvgIpc) is 3.51. The van der Waals surface area contributed by atoms with Crippen LogP contribution >= 0.6 is 24.0 Å². The Morgan fingerprint density at radius 3 is 2.43 bits per heavy atom. The van der Waals surface area contributed by atoms with Gasteiger partial charge in [0, 0.05) is 57.9 Å². The van der Waals surface area contributed by atoms with Gasteiger partial charge in [-0.15, -0.1) is 24.0 Å². The van der Waals surface area contributed by atoms with Crippen molar-refractivity contribution in [2.24, 2.45) is 10.9 Å². The van der Waals surface area contributed by atoms with Gasteiger partial charge in [0.15, 0.2) is 5.96 Å². The molecule has 1 aliphatic heterocycles. The number of hydrogen-bond acceptors (Lipinski definition) is 3. The summed E-state index contributed by atoms with van der Waals surface area (Å²) in [5, 5.41) is 6.49. The molecule has 1 aromatic rings. The first-order chi connectivity index (χ1) is 13.2. The zero-order valence-corrected chi connectivity index (χ0v) is 18.8. The SMILES string of the molecule is CCNC(=NCC1CC1)NCCC(=O)N1CCN(c2ccc(F)cc2)CC1.I. The van der Waals surface area contributed by atoms with Gasteiger partial charge in [-0.3, -0.25) is 9.79 Å². The van der Waals surface area contributed by atoms with E-state index >= 15 is 0 Å². The summed E-state index contributed by atoms with van der Waals surface area (Å²) in [7, 11) is 0. The molecule has 1 saturated carbocycles. The zero-order chi connectivity index (χ0) is 19.1. The van der Waals surface area contributed by atoms with Crippen molar-refractivity contribution in [1.82, 2.24) is 15.5 Å². The lowest BCUT2D eigenvalue weighted by molar-refractivity contribution is -0.131. The first-order valence-electron chi connectivity index (χ1n) is 9.96. The molecule has 1 amide bonds. The molecule has 1 aromatic carbocycles. The van der Waals surface area contributed by atoms with Crippen molar-refractivity contribution < 1.29 is 9.18 Å². The highest BCUT2D eigenvalue weighted by molar-refractivity contribution is 14.0. The van der Waals surface area contributed by atoms with Gasteiger partial charge >= 0.3 is 0 Å². The molecular weight excluding hydrogens is 472 g/mol. The van der Waals surface area contributed by atoms with Gasteiger partial charge in [0.05, 0.1) is 0 Å². The Balaban J connectivity index is 0.00000280. The number of guanidine groups is 1. The predicted molar refractivity (Wildman–Crippen MR) is 122 cm³/mol. The number of amides is 1. The first kappa shape index (κ1) is 22.7. The molecule has 156 valence electrons. The summed E-state index contributed by atoms with van der Waals surface area (Å²) >= 11 is 0. The molecule has 2 fully saturated rings. The Morgan fingerprint density at radius 2 is 1.82 bits per heavy atom. The highest BCUT2D eigenvalue weighted by Crippen LogP contribution is 2.28. The maximum Gasteiger partial charge on any atom is 0.224 e. The quantitative estimate of drug-likeness (QED) is 0.341. The molecule has 28 heavy (non-hydrogen) atoms. The molecule has 1 heterocycles. The third-order valence-electron chi connectivity index (χ3n) is 5.00. The van der Waals surface area contributed by atoms with Crippen LogP contribution in [0.1, 0.15) is 26.2 Å². The third-order valence-corrected chi connectivity index (χ3v) is 5.00. The largest absolute Gasteiger partial charge is 0.368 e. The van der Waals surface area contributed by atoms with E-state index in [2.05, 4.69) is 20.5 Å². The van der Waals surface area contributed by atoms with Gasteiger partial charge < -0.3 is 20.4 Å². The van der Waals surface area contributed by atoms with Gasteiger partial charge in [0.25, 0.3) is 0 Å². The summed E-state index contributed by atoms with van der Waals surface area (Å²) in [5.74, 6) is 1.50. The summed E-state index contributed by atoms with van der Waals surface area (Å²) < 4.78 is 13.0. The summed E-state index contributed by atoms with van der Waals surface area (Å²) in [4.78, 5) is 21.1. The fraction of sp³-hybridized carbons (Fsp3) is 0.600. The van der Waals surface area contributed by atoms with E-state index < -0.39 is 0 Å². The fourth-order valence-electron chi connectivity index (χ4n) is 3.17. The molecule has 0 unspecified atom stereocenters. The van der Waals surface area contributed by atoms with Crippen molar-refractivity contribution in [3.8, 4) is 0 Å². The van der Waals surface area contributed by atoms with Crippen molar-refractivity contribution in [3.05, 3.63) is 30.1 Å². The highest BCUT2D eigenvalue weighted by Gasteiger charge is 2.22. The van der Waals surface area contributed by atoms with Crippen LogP contribution in [0.5, 0.6) is 0 Å². The molecule has 0 atom stereocenters. The van der Waals surface area contributed by atoms with Crippen molar-refractivity contribution in [2.75, 3.05) is 50.7 Å². The van der Waals surface area contributed by atoms with E-state index in [9.17, 15) is 9.18 Å². The molecule has 0 bridgehead atoms.